The normalized spacial score (nSPS) is 20.4. The number of nitrogens with zero attached hydrogens (tertiary/aromatic N) is 3. The van der Waals surface area contributed by atoms with Gasteiger partial charge in [-0.1, -0.05) is 42.0 Å². The Hall–Kier alpha value is -3.65. The van der Waals surface area contributed by atoms with Gasteiger partial charge in [0.2, 0.25) is 0 Å². The highest BCUT2D eigenvalue weighted by Gasteiger charge is 2.54. The Labute approximate surface area is 213 Å². The molecule has 2 aliphatic rings. The van der Waals surface area contributed by atoms with E-state index in [2.05, 4.69) is 16.4 Å². The van der Waals surface area contributed by atoms with Crippen molar-refractivity contribution in [2.24, 2.45) is 18.9 Å². The van der Waals surface area contributed by atoms with Gasteiger partial charge in [-0.25, -0.2) is 9.78 Å². The lowest BCUT2D eigenvalue weighted by Crippen LogP contribution is -2.46. The van der Waals surface area contributed by atoms with Crippen molar-refractivity contribution in [3.63, 3.8) is 0 Å². The van der Waals surface area contributed by atoms with E-state index in [-0.39, 0.29) is 11.9 Å². The quantitative estimate of drug-likeness (QED) is 0.410. The number of nitrogens with one attached hydrogen (secondary N) is 1. The maximum atomic E-state index is 13.7. The zero-order valence-corrected chi connectivity index (χ0v) is 21.3. The fourth-order valence-corrected chi connectivity index (χ4v) is 6.37. The molecule has 1 aliphatic carbocycles. The second-order valence-corrected chi connectivity index (χ2v) is 11.1. The Morgan fingerprint density at radius 3 is 2.83 bits per heavy atom. The van der Waals surface area contributed by atoms with Crippen molar-refractivity contribution < 1.29 is 14.3 Å². The van der Waals surface area contributed by atoms with E-state index in [9.17, 15) is 9.59 Å². The molecule has 184 valence electrons. The number of thiazole rings is 1. The Bertz CT molecular complexity index is 1490. The number of amides is 2. The maximum Gasteiger partial charge on any atom is 0.412 e. The van der Waals surface area contributed by atoms with Gasteiger partial charge in [-0.3, -0.25) is 4.79 Å². The molecule has 2 fully saturated rings. The summed E-state index contributed by atoms with van der Waals surface area (Å²) in [6, 6.07) is 15.9. The minimum atomic E-state index is -0.507. The second kappa shape index (κ2) is 8.78. The summed E-state index contributed by atoms with van der Waals surface area (Å²) in [4.78, 5) is 33.9. The lowest BCUT2D eigenvalue weighted by Gasteiger charge is -2.27. The summed E-state index contributed by atoms with van der Waals surface area (Å²) in [5.74, 6) is 1.37. The molecule has 0 unspecified atom stereocenters. The van der Waals surface area contributed by atoms with Crippen LogP contribution >= 0.6 is 11.3 Å². The third-order valence-electron chi connectivity index (χ3n) is 7.30. The van der Waals surface area contributed by atoms with Crippen LogP contribution in [0.3, 0.4) is 0 Å². The van der Waals surface area contributed by atoms with Gasteiger partial charge >= 0.3 is 6.09 Å². The number of carbonyl (C=O) groups is 2. The van der Waals surface area contributed by atoms with E-state index in [0.29, 0.717) is 36.4 Å². The molecule has 3 atom stereocenters. The van der Waals surface area contributed by atoms with Gasteiger partial charge in [0, 0.05) is 31.7 Å². The zero-order valence-electron chi connectivity index (χ0n) is 20.5. The second-order valence-electron chi connectivity index (χ2n) is 9.86. The van der Waals surface area contributed by atoms with Crippen LogP contribution in [0.25, 0.3) is 21.3 Å². The van der Waals surface area contributed by atoms with E-state index in [4.69, 9.17) is 4.74 Å². The lowest BCUT2D eigenvalue weighted by molar-refractivity contribution is 0.0700. The van der Waals surface area contributed by atoms with Crippen LogP contribution in [0.4, 0.5) is 4.79 Å². The molecule has 1 aliphatic heterocycles. The molecular formula is C28H28N4O3S. The molecule has 0 radical (unpaired) electrons. The minimum Gasteiger partial charge on any atom is -0.408 e. The first-order chi connectivity index (χ1) is 17.4. The highest BCUT2D eigenvalue weighted by Crippen LogP contribution is 2.50. The first-order valence-corrected chi connectivity index (χ1v) is 13.1. The monoisotopic (exact) mass is 500 g/mol. The molecule has 2 amide bonds. The van der Waals surface area contributed by atoms with Crippen molar-refractivity contribution in [1.82, 2.24) is 19.8 Å². The maximum absolute atomic E-state index is 13.7. The highest BCUT2D eigenvalue weighted by atomic mass is 32.1. The molecule has 3 heterocycles. The molecule has 36 heavy (non-hydrogen) atoms. The van der Waals surface area contributed by atoms with E-state index in [1.807, 2.05) is 79.0 Å². The van der Waals surface area contributed by atoms with Gasteiger partial charge in [-0.15, -0.1) is 11.3 Å². The van der Waals surface area contributed by atoms with Crippen LogP contribution in [-0.2, 0) is 7.05 Å². The van der Waals surface area contributed by atoms with E-state index in [0.717, 1.165) is 38.3 Å². The topological polar surface area (TPSA) is 76.5 Å². The van der Waals surface area contributed by atoms with E-state index < -0.39 is 6.09 Å². The molecule has 2 aromatic heterocycles. The molecular weight excluding hydrogens is 472 g/mol. The summed E-state index contributed by atoms with van der Waals surface area (Å²) in [7, 11) is 1.92. The molecule has 7 nitrogen and oxygen atoms in total. The number of hydrogen-bond acceptors (Lipinski definition) is 5. The predicted octanol–water partition coefficient (Wildman–Crippen LogP) is 5.17. The number of carbonyl (C=O) groups excluding carboxylic acids is 2. The number of likely N-dealkylation sites (tertiary alicyclic amines) is 1. The Balaban J connectivity index is 1.18. The van der Waals surface area contributed by atoms with Gasteiger partial charge in [-0.2, -0.15) is 0 Å². The van der Waals surface area contributed by atoms with Crippen LogP contribution in [-0.4, -0.2) is 45.6 Å². The molecule has 0 bridgehead atoms. The Kier molecular flexibility index (Phi) is 5.56. The fourth-order valence-electron chi connectivity index (χ4n) is 5.47. The number of benzene rings is 2. The molecule has 1 saturated carbocycles. The Morgan fingerprint density at radius 1 is 1.17 bits per heavy atom. The van der Waals surface area contributed by atoms with E-state index in [1.54, 1.807) is 11.3 Å². The molecule has 2 aromatic carbocycles. The van der Waals surface area contributed by atoms with Gasteiger partial charge in [0.1, 0.15) is 5.69 Å². The van der Waals surface area contributed by atoms with Crippen LogP contribution in [0, 0.1) is 25.7 Å². The number of fused-ring (bicyclic) bond motifs is 2. The van der Waals surface area contributed by atoms with Gasteiger partial charge in [-0.05, 0) is 49.8 Å². The zero-order chi connectivity index (χ0) is 25.0. The van der Waals surface area contributed by atoms with Crippen molar-refractivity contribution in [3.8, 4) is 16.2 Å². The largest absolute Gasteiger partial charge is 0.412 e. The average Bonchev–Trinajstić information content (AvgIpc) is 3.21. The molecule has 1 saturated heterocycles. The van der Waals surface area contributed by atoms with Crippen LogP contribution < -0.4 is 10.1 Å². The van der Waals surface area contributed by atoms with Crippen LogP contribution in [0.2, 0.25) is 0 Å². The lowest BCUT2D eigenvalue weighted by atomic mass is 10.1. The van der Waals surface area contributed by atoms with Gasteiger partial charge in [0.15, 0.2) is 5.75 Å². The standard InChI is InChI=1S/C28H28N4O3S/c1-16-7-6-8-18(11-16)26-25(30-17(2)36-26)27(33)32-14-19-12-21(19)23(32)13-29-28(34)35-24-15-31(3)22-10-5-4-9-20(22)24/h4-11,15,19,21,23H,12-14H2,1-3H3,(H,29,34)/t19-,21-,23+/m0/s1. The average molecular weight is 501 g/mol. The Morgan fingerprint density at radius 2 is 2.00 bits per heavy atom. The number of piperidine rings is 1. The summed E-state index contributed by atoms with van der Waals surface area (Å²) in [6.45, 7) is 5.05. The molecule has 4 aromatic rings. The van der Waals surface area contributed by atoms with Crippen molar-refractivity contribution in [2.45, 2.75) is 26.3 Å². The first kappa shape index (κ1) is 22.8. The van der Waals surface area contributed by atoms with E-state index in [1.165, 1.54) is 0 Å². The molecule has 1 N–H and O–H groups in total. The minimum absolute atomic E-state index is 0.0581. The highest BCUT2D eigenvalue weighted by molar-refractivity contribution is 7.15. The number of rotatable bonds is 5. The van der Waals surface area contributed by atoms with Crippen molar-refractivity contribution in [2.75, 3.05) is 13.1 Å². The number of aryl methyl sites for hydroxylation is 3. The number of hydrogen-bond donors (Lipinski definition) is 1. The third kappa shape index (κ3) is 4.05. The third-order valence-corrected chi connectivity index (χ3v) is 8.32. The predicted molar refractivity (Wildman–Crippen MR) is 140 cm³/mol. The summed E-state index contributed by atoms with van der Waals surface area (Å²) in [6.07, 6.45) is 2.40. The summed E-state index contributed by atoms with van der Waals surface area (Å²) in [5.41, 5.74) is 3.66. The number of ether oxygens (including phenoxy) is 1. The molecule has 8 heteroatoms. The fraction of sp³-hybridized carbons (Fsp3) is 0.321. The van der Waals surface area contributed by atoms with Crippen molar-refractivity contribution >= 4 is 34.2 Å². The van der Waals surface area contributed by atoms with Crippen molar-refractivity contribution in [3.05, 3.63) is 71.0 Å². The molecule has 0 spiro atoms. The summed E-state index contributed by atoms with van der Waals surface area (Å²) < 4.78 is 7.58. The van der Waals surface area contributed by atoms with Crippen molar-refractivity contribution in [1.29, 1.82) is 0 Å². The van der Waals surface area contributed by atoms with Crippen LogP contribution in [0.15, 0.2) is 54.7 Å². The van der Waals surface area contributed by atoms with Gasteiger partial charge < -0.3 is 19.5 Å². The first-order valence-electron chi connectivity index (χ1n) is 12.2. The smallest absolute Gasteiger partial charge is 0.408 e. The summed E-state index contributed by atoms with van der Waals surface area (Å²) >= 11 is 1.55. The van der Waals surface area contributed by atoms with Crippen LogP contribution in [0.5, 0.6) is 5.75 Å². The molecule has 6 rings (SSSR count). The summed E-state index contributed by atoms with van der Waals surface area (Å²) in [5, 5.41) is 4.67. The number of para-hydroxylation sites is 1. The SMILES string of the molecule is Cc1cccc(-c2sc(C)nc2C(=O)N2C[C@@H]3C[C@@H]3[C@H]2CNC(=O)Oc2cn(C)c3ccccc23)c1. The van der Waals surface area contributed by atoms with Gasteiger partial charge in [0.25, 0.3) is 5.91 Å². The van der Waals surface area contributed by atoms with Gasteiger partial charge in [0.05, 0.1) is 21.4 Å². The van der Waals surface area contributed by atoms with Crippen LogP contribution in [0.1, 0.15) is 27.5 Å². The van der Waals surface area contributed by atoms with E-state index >= 15 is 0 Å². The number of aromatic nitrogens is 2.